The maximum absolute atomic E-state index is 6.29. The summed E-state index contributed by atoms with van der Waals surface area (Å²) in [6.07, 6.45) is 3.93. The molecule has 1 spiro atoms. The average Bonchev–Trinajstić information content (AvgIpc) is 3.04. The topological polar surface area (TPSA) is 34.8 Å². The lowest BCUT2D eigenvalue weighted by molar-refractivity contribution is -0.146. The fraction of sp³-hybridized carbons (Fsp3) is 0.778. The molecule has 2 heterocycles. The minimum atomic E-state index is -0.00518. The SMILES string of the molecule is Cc1ccc(CN2CCO[C@]3(CCC[C@H]3COC(C)C)C2)o1. The first-order valence-corrected chi connectivity index (χ1v) is 8.61. The molecule has 0 N–H and O–H groups in total. The van der Waals surface area contributed by atoms with Gasteiger partial charge in [-0.1, -0.05) is 6.42 Å². The van der Waals surface area contributed by atoms with Crippen molar-refractivity contribution in [2.24, 2.45) is 5.92 Å². The lowest BCUT2D eigenvalue weighted by atomic mass is 9.89. The molecule has 0 unspecified atom stereocenters. The zero-order valence-electron chi connectivity index (χ0n) is 14.1. The van der Waals surface area contributed by atoms with E-state index in [4.69, 9.17) is 13.9 Å². The molecule has 1 aromatic rings. The fourth-order valence-electron chi connectivity index (χ4n) is 3.86. The molecular formula is C18H29NO3. The minimum absolute atomic E-state index is 0.00518. The second kappa shape index (κ2) is 6.73. The Morgan fingerprint density at radius 1 is 1.41 bits per heavy atom. The van der Waals surface area contributed by atoms with E-state index in [0.29, 0.717) is 12.0 Å². The minimum Gasteiger partial charge on any atom is -0.465 e. The van der Waals surface area contributed by atoms with Crippen molar-refractivity contribution in [2.45, 2.75) is 58.3 Å². The van der Waals surface area contributed by atoms with E-state index in [-0.39, 0.29) is 5.60 Å². The summed E-state index contributed by atoms with van der Waals surface area (Å²) < 4.78 is 17.9. The van der Waals surface area contributed by atoms with Crippen LogP contribution in [0.3, 0.4) is 0 Å². The summed E-state index contributed by atoms with van der Waals surface area (Å²) in [5.41, 5.74) is -0.00518. The van der Waals surface area contributed by atoms with Gasteiger partial charge in [0.25, 0.3) is 0 Å². The van der Waals surface area contributed by atoms with Gasteiger partial charge >= 0.3 is 0 Å². The molecule has 0 radical (unpaired) electrons. The Bertz CT molecular complexity index is 484. The maximum atomic E-state index is 6.29. The standard InChI is InChI=1S/C18H29NO3/c1-14(2)20-12-16-5-4-8-18(16)13-19(9-10-21-18)11-17-7-6-15(3)22-17/h6-7,14,16H,4-5,8-13H2,1-3H3/t16-,18+/m0/s1. The third kappa shape index (κ3) is 3.55. The Balaban J connectivity index is 1.63. The number of hydrogen-bond acceptors (Lipinski definition) is 4. The van der Waals surface area contributed by atoms with Crippen LogP contribution < -0.4 is 0 Å². The van der Waals surface area contributed by atoms with Crippen molar-refractivity contribution in [1.29, 1.82) is 0 Å². The molecule has 0 amide bonds. The number of aryl methyl sites for hydroxylation is 1. The Morgan fingerprint density at radius 2 is 2.27 bits per heavy atom. The van der Waals surface area contributed by atoms with Crippen LogP contribution in [0.15, 0.2) is 16.5 Å². The van der Waals surface area contributed by atoms with Gasteiger partial charge in [0.15, 0.2) is 0 Å². The largest absolute Gasteiger partial charge is 0.465 e. The molecule has 22 heavy (non-hydrogen) atoms. The molecule has 2 atom stereocenters. The summed E-state index contributed by atoms with van der Waals surface area (Å²) >= 11 is 0. The van der Waals surface area contributed by atoms with E-state index < -0.39 is 0 Å². The van der Waals surface area contributed by atoms with Crippen LogP contribution in [0.5, 0.6) is 0 Å². The molecule has 1 saturated heterocycles. The van der Waals surface area contributed by atoms with E-state index in [1.807, 2.05) is 13.0 Å². The highest BCUT2D eigenvalue weighted by Crippen LogP contribution is 2.41. The molecule has 4 nitrogen and oxygen atoms in total. The average molecular weight is 307 g/mol. The number of ether oxygens (including phenoxy) is 2. The molecule has 0 bridgehead atoms. The normalized spacial score (nSPS) is 29.7. The van der Waals surface area contributed by atoms with Gasteiger partial charge in [0, 0.05) is 19.0 Å². The van der Waals surface area contributed by atoms with Crippen LogP contribution >= 0.6 is 0 Å². The van der Waals surface area contributed by atoms with Crippen molar-refractivity contribution in [3.63, 3.8) is 0 Å². The van der Waals surface area contributed by atoms with Gasteiger partial charge in [-0.05, 0) is 45.7 Å². The van der Waals surface area contributed by atoms with E-state index in [2.05, 4.69) is 24.8 Å². The predicted molar refractivity (Wildman–Crippen MR) is 85.8 cm³/mol. The molecule has 1 saturated carbocycles. The van der Waals surface area contributed by atoms with Crippen LogP contribution in [0.25, 0.3) is 0 Å². The highest BCUT2D eigenvalue weighted by molar-refractivity contribution is 5.06. The van der Waals surface area contributed by atoms with Crippen LogP contribution in [-0.4, -0.2) is 42.9 Å². The van der Waals surface area contributed by atoms with Crippen molar-refractivity contribution in [2.75, 3.05) is 26.3 Å². The summed E-state index contributed by atoms with van der Waals surface area (Å²) in [5, 5.41) is 0. The molecule has 1 aliphatic heterocycles. The Morgan fingerprint density at radius 3 is 3.00 bits per heavy atom. The highest BCUT2D eigenvalue weighted by Gasteiger charge is 2.47. The molecule has 4 heteroatoms. The third-order valence-corrected chi connectivity index (χ3v) is 4.99. The van der Waals surface area contributed by atoms with Gasteiger partial charge in [-0.2, -0.15) is 0 Å². The third-order valence-electron chi connectivity index (χ3n) is 4.99. The zero-order chi connectivity index (χ0) is 15.6. The van der Waals surface area contributed by atoms with E-state index in [9.17, 15) is 0 Å². The van der Waals surface area contributed by atoms with E-state index in [0.717, 1.165) is 50.8 Å². The van der Waals surface area contributed by atoms with E-state index in [1.54, 1.807) is 0 Å². The summed E-state index contributed by atoms with van der Waals surface area (Å²) in [5.74, 6) is 2.57. The molecule has 3 rings (SSSR count). The molecule has 2 aliphatic rings. The lowest BCUT2D eigenvalue weighted by Crippen LogP contribution is -2.54. The number of morpholine rings is 1. The van der Waals surface area contributed by atoms with Crippen LogP contribution in [0.1, 0.15) is 44.6 Å². The van der Waals surface area contributed by atoms with Crippen molar-refractivity contribution < 1.29 is 13.9 Å². The van der Waals surface area contributed by atoms with Gasteiger partial charge in [-0.3, -0.25) is 4.90 Å². The van der Waals surface area contributed by atoms with Crippen molar-refractivity contribution in [3.8, 4) is 0 Å². The first kappa shape index (κ1) is 16.0. The number of rotatable bonds is 5. The molecule has 0 aromatic carbocycles. The lowest BCUT2D eigenvalue weighted by Gasteiger charge is -2.44. The highest BCUT2D eigenvalue weighted by atomic mass is 16.5. The molecule has 124 valence electrons. The van der Waals surface area contributed by atoms with Gasteiger partial charge in [-0.25, -0.2) is 0 Å². The molecular weight excluding hydrogens is 278 g/mol. The van der Waals surface area contributed by atoms with Gasteiger partial charge in [0.05, 0.1) is 31.5 Å². The quantitative estimate of drug-likeness (QED) is 0.835. The predicted octanol–water partition coefficient (Wildman–Crippen LogP) is 3.38. The van der Waals surface area contributed by atoms with Crippen LogP contribution in [0.2, 0.25) is 0 Å². The van der Waals surface area contributed by atoms with Crippen LogP contribution in [0, 0.1) is 12.8 Å². The fourth-order valence-corrected chi connectivity index (χ4v) is 3.86. The molecule has 1 aromatic heterocycles. The summed E-state index contributed by atoms with van der Waals surface area (Å²) in [4.78, 5) is 2.48. The maximum Gasteiger partial charge on any atom is 0.118 e. The Labute approximate surface area is 133 Å². The second-order valence-corrected chi connectivity index (χ2v) is 7.11. The summed E-state index contributed by atoms with van der Waals surface area (Å²) in [6, 6.07) is 4.13. The van der Waals surface area contributed by atoms with Crippen molar-refractivity contribution in [3.05, 3.63) is 23.7 Å². The van der Waals surface area contributed by atoms with E-state index >= 15 is 0 Å². The van der Waals surface area contributed by atoms with Gasteiger partial charge in [-0.15, -0.1) is 0 Å². The molecule has 1 aliphatic carbocycles. The van der Waals surface area contributed by atoms with Crippen LogP contribution in [0.4, 0.5) is 0 Å². The van der Waals surface area contributed by atoms with Crippen molar-refractivity contribution in [1.82, 2.24) is 4.90 Å². The van der Waals surface area contributed by atoms with E-state index in [1.165, 1.54) is 12.8 Å². The Hall–Kier alpha value is -0.840. The smallest absolute Gasteiger partial charge is 0.118 e. The zero-order valence-corrected chi connectivity index (χ0v) is 14.1. The van der Waals surface area contributed by atoms with Gasteiger partial charge in [0.2, 0.25) is 0 Å². The van der Waals surface area contributed by atoms with Crippen LogP contribution in [-0.2, 0) is 16.0 Å². The second-order valence-electron chi connectivity index (χ2n) is 7.11. The molecule has 2 fully saturated rings. The number of furan rings is 1. The Kier molecular flexibility index (Phi) is 4.91. The monoisotopic (exact) mass is 307 g/mol. The van der Waals surface area contributed by atoms with Gasteiger partial charge < -0.3 is 13.9 Å². The first-order chi connectivity index (χ1) is 10.6. The van der Waals surface area contributed by atoms with Crippen molar-refractivity contribution >= 4 is 0 Å². The number of nitrogens with zero attached hydrogens (tertiary/aromatic N) is 1. The number of hydrogen-bond donors (Lipinski definition) is 0. The first-order valence-electron chi connectivity index (χ1n) is 8.61. The summed E-state index contributed by atoms with van der Waals surface area (Å²) in [7, 11) is 0. The summed E-state index contributed by atoms with van der Waals surface area (Å²) in [6.45, 7) is 10.7. The van der Waals surface area contributed by atoms with Gasteiger partial charge in [0.1, 0.15) is 11.5 Å².